The molecule has 168 valence electrons. The molecule has 0 radical (unpaired) electrons. The van der Waals surface area contributed by atoms with E-state index in [0.717, 1.165) is 19.3 Å². The topological polar surface area (TPSA) is 70.6 Å². The van der Waals surface area contributed by atoms with Crippen molar-refractivity contribution in [2.75, 3.05) is 37.3 Å². The molecule has 0 aliphatic rings. The van der Waals surface area contributed by atoms with Gasteiger partial charge in [-0.3, -0.25) is 9.69 Å². The molecule has 0 bridgehead atoms. The third-order valence-electron chi connectivity index (χ3n) is 4.89. The standard InChI is InChI=1S/C21H24FN3O3S2.ClH/c1-4-24(5-2)13-14-25(21-23-19-16(22)10-8-11-17(19)29-21)20(26)15-9-6-7-12-18(15)30(3,27)28;/h6-12H,4-5,13-14H2,1-3H3;1H. The summed E-state index contributed by atoms with van der Waals surface area (Å²) < 4.78 is 39.3. The highest BCUT2D eigenvalue weighted by Crippen LogP contribution is 2.31. The summed E-state index contributed by atoms with van der Waals surface area (Å²) in [5.41, 5.74) is 0.286. The van der Waals surface area contributed by atoms with Gasteiger partial charge in [-0.2, -0.15) is 0 Å². The van der Waals surface area contributed by atoms with E-state index >= 15 is 0 Å². The maximum absolute atomic E-state index is 14.2. The molecule has 1 heterocycles. The summed E-state index contributed by atoms with van der Waals surface area (Å²) in [6.45, 7) is 6.57. The van der Waals surface area contributed by atoms with Crippen molar-refractivity contribution >= 4 is 54.8 Å². The minimum absolute atomic E-state index is 0. The van der Waals surface area contributed by atoms with Crippen LogP contribution in [0.4, 0.5) is 9.52 Å². The Morgan fingerprint density at radius 2 is 1.74 bits per heavy atom. The molecule has 0 saturated carbocycles. The predicted octanol–water partition coefficient (Wildman–Crippen LogP) is 4.25. The number of anilines is 1. The van der Waals surface area contributed by atoms with Crippen molar-refractivity contribution < 1.29 is 17.6 Å². The molecule has 3 rings (SSSR count). The molecule has 0 unspecified atom stereocenters. The van der Waals surface area contributed by atoms with E-state index in [4.69, 9.17) is 0 Å². The van der Waals surface area contributed by atoms with Crippen LogP contribution in [0.25, 0.3) is 10.2 Å². The molecule has 0 fully saturated rings. The van der Waals surface area contributed by atoms with Crippen molar-refractivity contribution in [2.45, 2.75) is 18.7 Å². The van der Waals surface area contributed by atoms with Gasteiger partial charge in [0.05, 0.1) is 15.2 Å². The van der Waals surface area contributed by atoms with Gasteiger partial charge in [0.2, 0.25) is 0 Å². The Morgan fingerprint density at radius 3 is 2.35 bits per heavy atom. The first-order chi connectivity index (χ1) is 14.3. The molecule has 0 aliphatic carbocycles. The monoisotopic (exact) mass is 485 g/mol. The summed E-state index contributed by atoms with van der Waals surface area (Å²) in [4.78, 5) is 21.4. The van der Waals surface area contributed by atoms with Crippen LogP contribution >= 0.6 is 23.7 Å². The molecular formula is C21H25ClFN3O3S2. The first-order valence-electron chi connectivity index (χ1n) is 9.64. The zero-order valence-electron chi connectivity index (χ0n) is 17.5. The van der Waals surface area contributed by atoms with E-state index in [9.17, 15) is 17.6 Å². The largest absolute Gasteiger partial charge is 0.302 e. The van der Waals surface area contributed by atoms with Gasteiger partial charge in [0.15, 0.2) is 15.0 Å². The van der Waals surface area contributed by atoms with Gasteiger partial charge in [0.1, 0.15) is 11.3 Å². The third-order valence-corrected chi connectivity index (χ3v) is 7.08. The molecule has 6 nitrogen and oxygen atoms in total. The van der Waals surface area contributed by atoms with Gasteiger partial charge >= 0.3 is 0 Å². The van der Waals surface area contributed by atoms with Crippen LogP contribution in [0.1, 0.15) is 24.2 Å². The second-order valence-electron chi connectivity index (χ2n) is 6.84. The fourth-order valence-electron chi connectivity index (χ4n) is 3.20. The van der Waals surface area contributed by atoms with Gasteiger partial charge in [0.25, 0.3) is 5.91 Å². The van der Waals surface area contributed by atoms with E-state index in [1.165, 1.54) is 34.4 Å². The molecule has 0 N–H and O–H groups in total. The number of carbonyl (C=O) groups is 1. The first kappa shape index (κ1) is 25.2. The second-order valence-corrected chi connectivity index (χ2v) is 9.83. The van der Waals surface area contributed by atoms with Gasteiger partial charge in [-0.25, -0.2) is 17.8 Å². The second kappa shape index (κ2) is 10.5. The van der Waals surface area contributed by atoms with E-state index in [2.05, 4.69) is 9.88 Å². The molecule has 1 amide bonds. The normalized spacial score (nSPS) is 11.5. The Morgan fingerprint density at radius 1 is 1.06 bits per heavy atom. The Balaban J connectivity index is 0.00000341. The van der Waals surface area contributed by atoms with E-state index in [0.29, 0.717) is 22.9 Å². The minimum Gasteiger partial charge on any atom is -0.302 e. The summed E-state index contributed by atoms with van der Waals surface area (Å²) in [5, 5.41) is 0.343. The average molecular weight is 486 g/mol. The lowest BCUT2D eigenvalue weighted by Gasteiger charge is -2.25. The zero-order chi connectivity index (χ0) is 21.9. The highest BCUT2D eigenvalue weighted by Gasteiger charge is 2.26. The quantitative estimate of drug-likeness (QED) is 0.477. The van der Waals surface area contributed by atoms with Gasteiger partial charge in [0, 0.05) is 19.3 Å². The van der Waals surface area contributed by atoms with Crippen LogP contribution in [0.2, 0.25) is 0 Å². The van der Waals surface area contributed by atoms with Crippen molar-refractivity contribution in [3.05, 3.63) is 53.8 Å². The lowest BCUT2D eigenvalue weighted by Crippen LogP contribution is -2.39. The molecule has 3 aromatic rings. The first-order valence-corrected chi connectivity index (χ1v) is 12.3. The predicted molar refractivity (Wildman–Crippen MR) is 126 cm³/mol. The maximum Gasteiger partial charge on any atom is 0.261 e. The van der Waals surface area contributed by atoms with Crippen molar-refractivity contribution in [1.82, 2.24) is 9.88 Å². The van der Waals surface area contributed by atoms with Gasteiger partial charge in [-0.15, -0.1) is 12.4 Å². The number of benzene rings is 2. The fraction of sp³-hybridized carbons (Fsp3) is 0.333. The summed E-state index contributed by atoms with van der Waals surface area (Å²) in [6.07, 6.45) is 1.08. The summed E-state index contributed by atoms with van der Waals surface area (Å²) in [6, 6.07) is 10.8. The molecular weight excluding hydrogens is 461 g/mol. The lowest BCUT2D eigenvalue weighted by molar-refractivity contribution is 0.0980. The van der Waals surface area contributed by atoms with Crippen LogP contribution in [-0.4, -0.2) is 56.6 Å². The number of sulfone groups is 1. The summed E-state index contributed by atoms with van der Waals surface area (Å²) in [7, 11) is -3.60. The number of fused-ring (bicyclic) bond motifs is 1. The van der Waals surface area contributed by atoms with Crippen LogP contribution in [0.5, 0.6) is 0 Å². The minimum atomic E-state index is -3.60. The number of carbonyl (C=O) groups excluding carboxylic acids is 1. The number of thiazole rings is 1. The lowest BCUT2D eigenvalue weighted by atomic mass is 10.2. The Labute approximate surface area is 192 Å². The number of halogens is 2. The van der Waals surface area contributed by atoms with E-state index in [1.54, 1.807) is 24.3 Å². The number of amides is 1. The smallest absolute Gasteiger partial charge is 0.261 e. The number of aromatic nitrogens is 1. The molecule has 0 saturated heterocycles. The van der Waals surface area contributed by atoms with Crippen molar-refractivity contribution in [3.8, 4) is 0 Å². The summed E-state index contributed by atoms with van der Waals surface area (Å²) in [5.74, 6) is -0.926. The Hall–Kier alpha value is -2.07. The molecule has 10 heteroatoms. The van der Waals surface area contributed by atoms with Crippen LogP contribution in [0, 0.1) is 5.82 Å². The number of nitrogens with zero attached hydrogens (tertiary/aromatic N) is 3. The SMILES string of the molecule is CCN(CC)CCN(C(=O)c1ccccc1S(C)(=O)=O)c1nc2c(F)cccc2s1.Cl. The molecule has 31 heavy (non-hydrogen) atoms. The molecule has 2 aromatic carbocycles. The van der Waals surface area contributed by atoms with Crippen molar-refractivity contribution in [2.24, 2.45) is 0 Å². The number of hydrogen-bond donors (Lipinski definition) is 0. The highest BCUT2D eigenvalue weighted by atomic mass is 35.5. The average Bonchev–Trinajstić information content (AvgIpc) is 3.15. The Kier molecular flexibility index (Phi) is 8.53. The van der Waals surface area contributed by atoms with Crippen molar-refractivity contribution in [3.63, 3.8) is 0 Å². The number of rotatable bonds is 8. The van der Waals surface area contributed by atoms with Gasteiger partial charge in [-0.1, -0.05) is 43.4 Å². The van der Waals surface area contributed by atoms with Crippen LogP contribution in [0.3, 0.4) is 0 Å². The highest BCUT2D eigenvalue weighted by molar-refractivity contribution is 7.90. The fourth-order valence-corrected chi connectivity index (χ4v) is 5.08. The van der Waals surface area contributed by atoms with Crippen LogP contribution < -0.4 is 4.90 Å². The zero-order valence-corrected chi connectivity index (χ0v) is 20.0. The van der Waals surface area contributed by atoms with E-state index < -0.39 is 21.6 Å². The van der Waals surface area contributed by atoms with Crippen molar-refractivity contribution in [1.29, 1.82) is 0 Å². The van der Waals surface area contributed by atoms with E-state index in [-0.39, 0.29) is 28.4 Å². The summed E-state index contributed by atoms with van der Waals surface area (Å²) >= 11 is 1.21. The number of para-hydroxylation sites is 1. The van der Waals surface area contributed by atoms with Crippen LogP contribution in [-0.2, 0) is 9.84 Å². The molecule has 0 aliphatic heterocycles. The molecule has 0 atom stereocenters. The van der Waals surface area contributed by atoms with Gasteiger partial charge < -0.3 is 4.90 Å². The van der Waals surface area contributed by atoms with Crippen LogP contribution in [0.15, 0.2) is 47.4 Å². The third kappa shape index (κ3) is 5.60. The molecule has 0 spiro atoms. The number of likely N-dealkylation sites (N-methyl/N-ethyl adjacent to an activating group) is 1. The van der Waals surface area contributed by atoms with Gasteiger partial charge in [-0.05, 0) is 37.4 Å². The maximum atomic E-state index is 14.2. The molecule has 1 aromatic heterocycles. The Bertz CT molecular complexity index is 1160. The number of hydrogen-bond acceptors (Lipinski definition) is 6. The van der Waals surface area contributed by atoms with E-state index in [1.807, 2.05) is 13.8 Å².